The number of allylic oxidation sites excluding steroid dienone is 3. The van der Waals surface area contributed by atoms with Crippen molar-refractivity contribution < 1.29 is 4.74 Å². The molecule has 0 N–H and O–H groups in total. The van der Waals surface area contributed by atoms with Crippen molar-refractivity contribution in [1.29, 1.82) is 0 Å². The molecule has 0 aliphatic rings. The zero-order valence-electron chi connectivity index (χ0n) is 9.09. The normalized spacial score (nSPS) is 11.9. The highest BCUT2D eigenvalue weighted by molar-refractivity contribution is 9.11. The average Bonchev–Trinajstić information content (AvgIpc) is 2.26. The van der Waals surface area contributed by atoms with Gasteiger partial charge in [0.1, 0.15) is 6.61 Å². The Labute approximate surface area is 99.6 Å². The van der Waals surface area contributed by atoms with E-state index in [4.69, 9.17) is 4.74 Å². The second-order valence-corrected chi connectivity index (χ2v) is 4.32. The summed E-state index contributed by atoms with van der Waals surface area (Å²) < 4.78 is 6.51. The molecule has 0 aromatic heterocycles. The molecule has 0 bridgehead atoms. The van der Waals surface area contributed by atoms with Crippen molar-refractivity contribution in [2.24, 2.45) is 0 Å². The van der Waals surface area contributed by atoms with Crippen LogP contribution in [0.3, 0.4) is 0 Å². The van der Waals surface area contributed by atoms with Gasteiger partial charge in [-0.15, -0.1) is 0 Å². The van der Waals surface area contributed by atoms with E-state index >= 15 is 0 Å². The van der Waals surface area contributed by atoms with Gasteiger partial charge in [-0.25, -0.2) is 0 Å². The Bertz CT molecular complexity index is 365. The molecule has 1 rings (SSSR count). The molecule has 80 valence electrons. The molecule has 0 atom stereocenters. The molecule has 0 saturated carbocycles. The SMILES string of the molecule is C=C(Br)/C(C)=C(\C)OCc1ccccc1. The van der Waals surface area contributed by atoms with Crippen LogP contribution in [0.2, 0.25) is 0 Å². The first-order valence-corrected chi connectivity index (χ1v) is 5.59. The average molecular weight is 267 g/mol. The Kier molecular flexibility index (Phi) is 4.63. The molecule has 1 aromatic rings. The van der Waals surface area contributed by atoms with Crippen LogP contribution in [0.4, 0.5) is 0 Å². The number of halogens is 1. The van der Waals surface area contributed by atoms with Crippen LogP contribution in [0.1, 0.15) is 19.4 Å². The van der Waals surface area contributed by atoms with E-state index in [1.807, 2.05) is 44.2 Å². The second kappa shape index (κ2) is 5.76. The molecular weight excluding hydrogens is 252 g/mol. The van der Waals surface area contributed by atoms with Gasteiger partial charge in [-0.2, -0.15) is 0 Å². The summed E-state index contributed by atoms with van der Waals surface area (Å²) in [6.45, 7) is 8.34. The van der Waals surface area contributed by atoms with Gasteiger partial charge in [0.05, 0.1) is 5.76 Å². The zero-order chi connectivity index (χ0) is 11.3. The highest BCUT2D eigenvalue weighted by Gasteiger charge is 2.00. The molecule has 0 heterocycles. The van der Waals surface area contributed by atoms with E-state index in [2.05, 4.69) is 22.5 Å². The minimum absolute atomic E-state index is 0.601. The number of ether oxygens (including phenoxy) is 1. The molecule has 0 aliphatic heterocycles. The molecule has 15 heavy (non-hydrogen) atoms. The lowest BCUT2D eigenvalue weighted by Gasteiger charge is -2.09. The molecule has 1 aromatic carbocycles. The maximum atomic E-state index is 5.64. The van der Waals surface area contributed by atoms with Gasteiger partial charge in [0.15, 0.2) is 0 Å². The van der Waals surface area contributed by atoms with Crippen LogP contribution >= 0.6 is 15.9 Å². The molecule has 2 heteroatoms. The third-order valence-electron chi connectivity index (χ3n) is 2.23. The van der Waals surface area contributed by atoms with Gasteiger partial charge in [-0.05, 0) is 19.4 Å². The lowest BCUT2D eigenvalue weighted by molar-refractivity contribution is 0.198. The molecule has 0 fully saturated rings. The third-order valence-corrected chi connectivity index (χ3v) is 2.83. The van der Waals surface area contributed by atoms with Gasteiger partial charge >= 0.3 is 0 Å². The number of hydrogen-bond donors (Lipinski definition) is 0. The molecule has 0 unspecified atom stereocenters. The van der Waals surface area contributed by atoms with Crippen molar-refractivity contribution in [1.82, 2.24) is 0 Å². The van der Waals surface area contributed by atoms with Gasteiger partial charge in [-0.3, -0.25) is 0 Å². The Morgan fingerprint density at radius 3 is 2.40 bits per heavy atom. The second-order valence-electron chi connectivity index (χ2n) is 3.36. The molecule has 0 amide bonds. The van der Waals surface area contributed by atoms with E-state index in [0.29, 0.717) is 6.61 Å². The summed E-state index contributed by atoms with van der Waals surface area (Å²) in [5.74, 6) is 0.903. The van der Waals surface area contributed by atoms with Gasteiger partial charge in [0.25, 0.3) is 0 Å². The summed E-state index contributed by atoms with van der Waals surface area (Å²) in [7, 11) is 0. The smallest absolute Gasteiger partial charge is 0.113 e. The van der Waals surface area contributed by atoms with Crippen molar-refractivity contribution >= 4 is 15.9 Å². The van der Waals surface area contributed by atoms with E-state index in [-0.39, 0.29) is 0 Å². The van der Waals surface area contributed by atoms with Crippen LogP contribution in [0.5, 0.6) is 0 Å². The topological polar surface area (TPSA) is 9.23 Å². The summed E-state index contributed by atoms with van der Waals surface area (Å²) in [6, 6.07) is 10.1. The Morgan fingerprint density at radius 1 is 1.27 bits per heavy atom. The van der Waals surface area contributed by atoms with Crippen molar-refractivity contribution in [3.63, 3.8) is 0 Å². The van der Waals surface area contributed by atoms with E-state index in [1.54, 1.807) is 0 Å². The van der Waals surface area contributed by atoms with Crippen molar-refractivity contribution in [3.8, 4) is 0 Å². The van der Waals surface area contributed by atoms with E-state index in [1.165, 1.54) is 5.56 Å². The fraction of sp³-hybridized carbons (Fsp3) is 0.231. The van der Waals surface area contributed by atoms with Crippen LogP contribution in [-0.2, 0) is 11.3 Å². The molecule has 1 nitrogen and oxygen atoms in total. The van der Waals surface area contributed by atoms with E-state index in [0.717, 1.165) is 15.8 Å². The lowest BCUT2D eigenvalue weighted by Crippen LogP contribution is -1.93. The monoisotopic (exact) mass is 266 g/mol. The maximum absolute atomic E-state index is 5.64. The Balaban J connectivity index is 2.58. The molecule has 0 spiro atoms. The first-order valence-electron chi connectivity index (χ1n) is 4.80. The molecule has 0 saturated heterocycles. The predicted octanol–water partition coefficient (Wildman–Crippen LogP) is 4.41. The molecule has 0 aliphatic carbocycles. The zero-order valence-corrected chi connectivity index (χ0v) is 10.7. The predicted molar refractivity (Wildman–Crippen MR) is 67.7 cm³/mol. The van der Waals surface area contributed by atoms with Crippen LogP contribution in [0.15, 0.2) is 52.7 Å². The summed E-state index contributed by atoms with van der Waals surface area (Å²) >= 11 is 3.33. The van der Waals surface area contributed by atoms with Crippen LogP contribution in [0, 0.1) is 0 Å². The van der Waals surface area contributed by atoms with Gasteiger partial charge in [-0.1, -0.05) is 52.8 Å². The summed E-state index contributed by atoms with van der Waals surface area (Å²) in [4.78, 5) is 0. The van der Waals surface area contributed by atoms with Crippen LogP contribution in [-0.4, -0.2) is 0 Å². The van der Waals surface area contributed by atoms with Gasteiger partial charge in [0.2, 0.25) is 0 Å². The number of rotatable bonds is 4. The number of hydrogen-bond acceptors (Lipinski definition) is 1. The first kappa shape index (κ1) is 12.1. The maximum Gasteiger partial charge on any atom is 0.113 e. The van der Waals surface area contributed by atoms with Crippen molar-refractivity contribution in [3.05, 3.63) is 58.3 Å². The van der Waals surface area contributed by atoms with E-state index in [9.17, 15) is 0 Å². The minimum Gasteiger partial charge on any atom is -0.493 e. The standard InChI is InChI=1S/C13H15BrO/c1-10(11(2)14)12(3)15-9-13-7-5-4-6-8-13/h4-8H,2,9H2,1,3H3/b12-10+. The summed E-state index contributed by atoms with van der Waals surface area (Å²) in [6.07, 6.45) is 0. The fourth-order valence-electron chi connectivity index (χ4n) is 1.07. The van der Waals surface area contributed by atoms with Crippen LogP contribution in [0.25, 0.3) is 0 Å². The van der Waals surface area contributed by atoms with E-state index < -0.39 is 0 Å². The summed E-state index contributed by atoms with van der Waals surface area (Å²) in [5, 5.41) is 0. The fourth-order valence-corrected chi connectivity index (χ4v) is 1.34. The minimum atomic E-state index is 0.601. The molecular formula is C13H15BrO. The number of benzene rings is 1. The van der Waals surface area contributed by atoms with Gasteiger partial charge in [0, 0.05) is 10.1 Å². The van der Waals surface area contributed by atoms with Gasteiger partial charge < -0.3 is 4.74 Å². The van der Waals surface area contributed by atoms with Crippen molar-refractivity contribution in [2.45, 2.75) is 20.5 Å². The third kappa shape index (κ3) is 3.92. The van der Waals surface area contributed by atoms with Crippen molar-refractivity contribution in [2.75, 3.05) is 0 Å². The quantitative estimate of drug-likeness (QED) is 0.580. The lowest BCUT2D eigenvalue weighted by atomic mass is 10.2. The Hall–Kier alpha value is -1.02. The van der Waals surface area contributed by atoms with Crippen LogP contribution < -0.4 is 0 Å². The molecule has 0 radical (unpaired) electrons. The largest absolute Gasteiger partial charge is 0.493 e. The Morgan fingerprint density at radius 2 is 1.87 bits per heavy atom. The highest BCUT2D eigenvalue weighted by Crippen LogP contribution is 2.19. The highest BCUT2D eigenvalue weighted by atomic mass is 79.9. The first-order chi connectivity index (χ1) is 7.11. The summed E-state index contributed by atoms with van der Waals surface area (Å²) in [5.41, 5.74) is 2.22.